The van der Waals surface area contributed by atoms with Crippen LogP contribution in [0.25, 0.3) is 11.1 Å². The van der Waals surface area contributed by atoms with Crippen molar-refractivity contribution in [2.75, 3.05) is 0 Å². The maximum atomic E-state index is 2.35. The third kappa shape index (κ3) is 2.46. The summed E-state index contributed by atoms with van der Waals surface area (Å²) in [5.74, 6) is 0.509. The number of benzene rings is 2. The third-order valence-electron chi connectivity index (χ3n) is 4.08. The lowest BCUT2D eigenvalue weighted by Gasteiger charge is -2.23. The van der Waals surface area contributed by atoms with Crippen LogP contribution < -0.4 is 0 Å². The zero-order chi connectivity index (χ0) is 13.9. The molecule has 0 nitrogen and oxygen atoms in total. The van der Waals surface area contributed by atoms with Gasteiger partial charge in [0.2, 0.25) is 0 Å². The number of hydrogen-bond donors (Lipinski definition) is 0. The minimum absolute atomic E-state index is 0.509. The van der Waals surface area contributed by atoms with E-state index in [4.69, 9.17) is 0 Å². The van der Waals surface area contributed by atoms with Crippen molar-refractivity contribution < 1.29 is 0 Å². The molecule has 0 saturated heterocycles. The average molecular weight is 260 g/mol. The van der Waals surface area contributed by atoms with Gasteiger partial charge in [-0.05, 0) is 37.0 Å². The molecule has 0 N–H and O–H groups in total. The average Bonchev–Trinajstić information content (AvgIpc) is 2.48. The summed E-state index contributed by atoms with van der Waals surface area (Å²) in [6.45, 7) is 4.42. The molecule has 1 unspecified atom stereocenters. The smallest absolute Gasteiger partial charge is 0.00893 e. The first kappa shape index (κ1) is 12.9. The summed E-state index contributed by atoms with van der Waals surface area (Å²) in [5, 5.41) is 0. The first-order valence-corrected chi connectivity index (χ1v) is 7.25. The van der Waals surface area contributed by atoms with E-state index in [1.54, 1.807) is 0 Å². The summed E-state index contributed by atoms with van der Waals surface area (Å²) in [4.78, 5) is 0. The second-order valence-corrected chi connectivity index (χ2v) is 5.58. The molecular formula is C20H20. The second kappa shape index (κ2) is 5.50. The van der Waals surface area contributed by atoms with Crippen molar-refractivity contribution in [2.45, 2.75) is 26.2 Å². The van der Waals surface area contributed by atoms with Gasteiger partial charge in [0.1, 0.15) is 0 Å². The van der Waals surface area contributed by atoms with Gasteiger partial charge in [-0.2, -0.15) is 0 Å². The van der Waals surface area contributed by atoms with E-state index < -0.39 is 0 Å². The highest BCUT2D eigenvalue weighted by Gasteiger charge is 2.18. The summed E-state index contributed by atoms with van der Waals surface area (Å²) >= 11 is 0. The number of aryl methyl sites for hydroxylation is 1. The van der Waals surface area contributed by atoms with Crippen LogP contribution in [-0.4, -0.2) is 0 Å². The number of allylic oxidation sites excluding steroid dienone is 4. The van der Waals surface area contributed by atoms with Crippen molar-refractivity contribution in [1.29, 1.82) is 0 Å². The van der Waals surface area contributed by atoms with Gasteiger partial charge in [0.05, 0.1) is 0 Å². The highest BCUT2D eigenvalue weighted by Crippen LogP contribution is 2.37. The molecule has 3 rings (SSSR count). The summed E-state index contributed by atoms with van der Waals surface area (Å²) in [6, 6.07) is 17.5. The molecule has 1 aliphatic carbocycles. The Morgan fingerprint density at radius 3 is 2.50 bits per heavy atom. The summed E-state index contributed by atoms with van der Waals surface area (Å²) in [5.41, 5.74) is 6.92. The molecule has 2 aromatic carbocycles. The molecule has 0 spiro atoms. The van der Waals surface area contributed by atoms with Gasteiger partial charge < -0.3 is 0 Å². The molecule has 1 aliphatic rings. The topological polar surface area (TPSA) is 0 Å². The first-order chi connectivity index (χ1) is 9.75. The van der Waals surface area contributed by atoms with Gasteiger partial charge in [-0.25, -0.2) is 0 Å². The fourth-order valence-corrected chi connectivity index (χ4v) is 2.96. The SMILES string of the molecule is CC1=CC=CCC1c1cc(C)ccc1-c1ccccc1. The van der Waals surface area contributed by atoms with E-state index in [0.29, 0.717) is 5.92 Å². The molecular weight excluding hydrogens is 240 g/mol. The molecule has 0 radical (unpaired) electrons. The van der Waals surface area contributed by atoms with Crippen LogP contribution in [0, 0.1) is 6.92 Å². The predicted octanol–water partition coefficient (Wildman–Crippen LogP) is 5.65. The Labute approximate surface area is 121 Å². The maximum absolute atomic E-state index is 2.35. The van der Waals surface area contributed by atoms with Gasteiger partial charge in [-0.15, -0.1) is 0 Å². The normalized spacial score (nSPS) is 17.9. The highest BCUT2D eigenvalue weighted by atomic mass is 14.2. The van der Waals surface area contributed by atoms with Crippen LogP contribution >= 0.6 is 0 Å². The van der Waals surface area contributed by atoms with Gasteiger partial charge >= 0.3 is 0 Å². The Morgan fingerprint density at radius 1 is 0.950 bits per heavy atom. The predicted molar refractivity (Wildman–Crippen MR) is 86.9 cm³/mol. The van der Waals surface area contributed by atoms with E-state index in [1.807, 2.05) is 0 Å². The second-order valence-electron chi connectivity index (χ2n) is 5.58. The molecule has 2 aromatic rings. The van der Waals surface area contributed by atoms with Crippen LogP contribution in [0.15, 0.2) is 72.3 Å². The summed E-state index contributed by atoms with van der Waals surface area (Å²) < 4.78 is 0. The summed E-state index contributed by atoms with van der Waals surface area (Å²) in [7, 11) is 0. The van der Waals surface area contributed by atoms with Crippen LogP contribution in [0.1, 0.15) is 30.4 Å². The van der Waals surface area contributed by atoms with Gasteiger partial charge in [-0.1, -0.05) is 77.9 Å². The van der Waals surface area contributed by atoms with E-state index in [9.17, 15) is 0 Å². The lowest BCUT2D eigenvalue weighted by atomic mass is 9.81. The lowest BCUT2D eigenvalue weighted by Crippen LogP contribution is -2.04. The zero-order valence-corrected chi connectivity index (χ0v) is 12.1. The van der Waals surface area contributed by atoms with E-state index in [0.717, 1.165) is 6.42 Å². The minimum atomic E-state index is 0.509. The molecule has 0 aliphatic heterocycles. The maximum Gasteiger partial charge on any atom is 0.00893 e. The Bertz CT molecular complexity index is 660. The zero-order valence-electron chi connectivity index (χ0n) is 12.1. The Balaban J connectivity index is 2.12. The van der Waals surface area contributed by atoms with Crippen LogP contribution in [0.4, 0.5) is 0 Å². The van der Waals surface area contributed by atoms with Gasteiger partial charge in [0, 0.05) is 5.92 Å². The van der Waals surface area contributed by atoms with Gasteiger partial charge in [0.15, 0.2) is 0 Å². The van der Waals surface area contributed by atoms with Crippen molar-refractivity contribution in [2.24, 2.45) is 0 Å². The summed E-state index contributed by atoms with van der Waals surface area (Å²) in [6.07, 6.45) is 7.79. The number of rotatable bonds is 2. The van der Waals surface area contributed by atoms with E-state index >= 15 is 0 Å². The fourth-order valence-electron chi connectivity index (χ4n) is 2.96. The van der Waals surface area contributed by atoms with Crippen molar-refractivity contribution in [3.8, 4) is 11.1 Å². The van der Waals surface area contributed by atoms with Crippen LogP contribution in [0.5, 0.6) is 0 Å². The van der Waals surface area contributed by atoms with Crippen molar-refractivity contribution in [1.82, 2.24) is 0 Å². The van der Waals surface area contributed by atoms with E-state index in [2.05, 4.69) is 80.6 Å². The quantitative estimate of drug-likeness (QED) is 0.654. The van der Waals surface area contributed by atoms with Gasteiger partial charge in [0.25, 0.3) is 0 Å². The van der Waals surface area contributed by atoms with Crippen LogP contribution in [0.3, 0.4) is 0 Å². The molecule has 0 bridgehead atoms. The van der Waals surface area contributed by atoms with Crippen molar-refractivity contribution in [3.05, 3.63) is 83.5 Å². The molecule has 0 aromatic heterocycles. The number of hydrogen-bond acceptors (Lipinski definition) is 0. The van der Waals surface area contributed by atoms with E-state index in [-0.39, 0.29) is 0 Å². The minimum Gasteiger partial charge on any atom is -0.0836 e. The molecule has 0 heteroatoms. The first-order valence-electron chi connectivity index (χ1n) is 7.25. The molecule has 100 valence electrons. The Morgan fingerprint density at radius 2 is 1.75 bits per heavy atom. The molecule has 0 heterocycles. The largest absolute Gasteiger partial charge is 0.0836 e. The Hall–Kier alpha value is -2.08. The standard InChI is InChI=1S/C20H20/c1-15-12-13-19(17-9-4-3-5-10-17)20(14-15)18-11-7-6-8-16(18)2/h3-10,12-14,18H,11H2,1-2H3. The molecule has 20 heavy (non-hydrogen) atoms. The Kier molecular flexibility index (Phi) is 3.56. The third-order valence-corrected chi connectivity index (χ3v) is 4.08. The van der Waals surface area contributed by atoms with Crippen molar-refractivity contribution >= 4 is 0 Å². The van der Waals surface area contributed by atoms with E-state index in [1.165, 1.54) is 27.8 Å². The molecule has 0 saturated carbocycles. The monoisotopic (exact) mass is 260 g/mol. The van der Waals surface area contributed by atoms with Crippen LogP contribution in [-0.2, 0) is 0 Å². The van der Waals surface area contributed by atoms with Gasteiger partial charge in [-0.3, -0.25) is 0 Å². The molecule has 0 fully saturated rings. The molecule has 0 amide bonds. The lowest BCUT2D eigenvalue weighted by molar-refractivity contribution is 0.798. The highest BCUT2D eigenvalue weighted by molar-refractivity contribution is 5.69. The van der Waals surface area contributed by atoms with Crippen molar-refractivity contribution in [3.63, 3.8) is 0 Å². The fraction of sp³-hybridized carbons (Fsp3) is 0.200. The molecule has 1 atom stereocenters. The van der Waals surface area contributed by atoms with Crippen LogP contribution in [0.2, 0.25) is 0 Å².